The highest BCUT2D eigenvalue weighted by Crippen LogP contribution is 2.17. The van der Waals surface area contributed by atoms with Crippen molar-refractivity contribution >= 4 is 21.1 Å². The van der Waals surface area contributed by atoms with Crippen molar-refractivity contribution in [2.75, 3.05) is 13.1 Å². The van der Waals surface area contributed by atoms with E-state index in [0.717, 1.165) is 0 Å². The number of hydrogen-bond acceptors (Lipinski definition) is 4. The quantitative estimate of drug-likeness (QED) is 0.799. The van der Waals surface area contributed by atoms with Crippen LogP contribution in [0, 0.1) is 0 Å². The van der Waals surface area contributed by atoms with Crippen LogP contribution in [0.3, 0.4) is 0 Å². The van der Waals surface area contributed by atoms with E-state index in [0.29, 0.717) is 36.2 Å². The van der Waals surface area contributed by atoms with Gasteiger partial charge in [0.2, 0.25) is 10.0 Å². The third kappa shape index (κ3) is 3.96. The minimum atomic E-state index is -3.62. The minimum absolute atomic E-state index is 0.168. The molecule has 1 aromatic heterocycles. The molecule has 0 unspecified atom stereocenters. The Kier molecular flexibility index (Phi) is 5.75. The first-order valence-corrected chi connectivity index (χ1v) is 9.95. The van der Waals surface area contributed by atoms with Gasteiger partial charge in [-0.1, -0.05) is 0 Å². The van der Waals surface area contributed by atoms with Crippen LogP contribution < -0.4 is 10.4 Å². The fourth-order valence-corrected chi connectivity index (χ4v) is 4.20. The van der Waals surface area contributed by atoms with Crippen molar-refractivity contribution in [2.24, 2.45) is 14.1 Å². The fourth-order valence-electron chi connectivity index (χ4n) is 3.16. The molecule has 1 aromatic carbocycles. The highest BCUT2D eigenvalue weighted by molar-refractivity contribution is 7.89. The molecule has 0 spiro atoms. The number of benzene rings is 1. The van der Waals surface area contributed by atoms with Crippen molar-refractivity contribution in [1.82, 2.24) is 18.8 Å². The molecule has 25 heavy (non-hydrogen) atoms. The normalized spacial score (nSPS) is 12.8. The maximum absolute atomic E-state index is 12.6. The molecule has 0 aliphatic rings. The van der Waals surface area contributed by atoms with Gasteiger partial charge in [-0.25, -0.2) is 17.9 Å². The largest absolute Gasteiger partial charge is 0.328 e. The second-order valence-electron chi connectivity index (χ2n) is 6.87. The summed E-state index contributed by atoms with van der Waals surface area (Å²) in [6.45, 7) is 9.36. The van der Waals surface area contributed by atoms with Crippen LogP contribution in [0.2, 0.25) is 0 Å². The predicted molar refractivity (Wildman–Crippen MR) is 100 cm³/mol. The van der Waals surface area contributed by atoms with Crippen molar-refractivity contribution in [1.29, 1.82) is 0 Å². The molecule has 1 N–H and O–H groups in total. The lowest BCUT2D eigenvalue weighted by atomic mass is 10.2. The van der Waals surface area contributed by atoms with Gasteiger partial charge in [0.1, 0.15) is 0 Å². The molecule has 0 aliphatic carbocycles. The number of imidazole rings is 1. The highest BCUT2D eigenvalue weighted by Gasteiger charge is 2.18. The standard InChI is InChI=1S/C17H28N4O3S/c1-12(2)21(13(3)4)10-9-18-25(23,24)14-7-8-15-16(11-14)20(6)17(22)19(15)5/h7-8,11-13,18H,9-10H2,1-6H3. The Hall–Kier alpha value is -1.64. The Bertz CT molecular complexity index is 902. The SMILES string of the molecule is CC(C)N(CCNS(=O)(=O)c1ccc2c(c1)n(C)c(=O)n2C)C(C)C. The molecule has 8 heteroatoms. The summed E-state index contributed by atoms with van der Waals surface area (Å²) in [5.74, 6) is 0. The van der Waals surface area contributed by atoms with Gasteiger partial charge in [0, 0.05) is 39.3 Å². The molecular formula is C17H28N4O3S. The van der Waals surface area contributed by atoms with Crippen LogP contribution in [-0.4, -0.2) is 47.6 Å². The monoisotopic (exact) mass is 368 g/mol. The lowest BCUT2D eigenvalue weighted by Crippen LogP contribution is -2.42. The van der Waals surface area contributed by atoms with Gasteiger partial charge < -0.3 is 0 Å². The fraction of sp³-hybridized carbons (Fsp3) is 0.588. The average molecular weight is 369 g/mol. The highest BCUT2D eigenvalue weighted by atomic mass is 32.2. The van der Waals surface area contributed by atoms with Crippen LogP contribution in [0.4, 0.5) is 0 Å². The maximum Gasteiger partial charge on any atom is 0.328 e. The first kappa shape index (κ1) is 19.7. The van der Waals surface area contributed by atoms with Crippen molar-refractivity contribution in [3.8, 4) is 0 Å². The van der Waals surface area contributed by atoms with Crippen molar-refractivity contribution in [2.45, 2.75) is 44.7 Å². The second-order valence-corrected chi connectivity index (χ2v) is 8.64. The molecule has 2 aromatic rings. The van der Waals surface area contributed by atoms with Crippen LogP contribution >= 0.6 is 0 Å². The molecule has 0 amide bonds. The number of aromatic nitrogens is 2. The Morgan fingerprint density at radius 1 is 1.04 bits per heavy atom. The van der Waals surface area contributed by atoms with E-state index in [-0.39, 0.29) is 10.6 Å². The van der Waals surface area contributed by atoms with E-state index in [1.165, 1.54) is 15.2 Å². The van der Waals surface area contributed by atoms with Crippen LogP contribution in [0.5, 0.6) is 0 Å². The molecule has 1 heterocycles. The van der Waals surface area contributed by atoms with Gasteiger partial charge in [0.25, 0.3) is 0 Å². The van der Waals surface area contributed by atoms with Crippen LogP contribution in [0.15, 0.2) is 27.9 Å². The molecule has 0 radical (unpaired) electrons. The lowest BCUT2D eigenvalue weighted by molar-refractivity contribution is 0.179. The van der Waals surface area contributed by atoms with E-state index in [2.05, 4.69) is 37.3 Å². The number of nitrogens with one attached hydrogen (secondary N) is 1. The third-order valence-electron chi connectivity index (χ3n) is 4.54. The Labute approximate surface area is 149 Å². The van der Waals surface area contributed by atoms with E-state index >= 15 is 0 Å². The summed E-state index contributed by atoms with van der Waals surface area (Å²) < 4.78 is 30.8. The Balaban J connectivity index is 2.21. The first-order chi connectivity index (χ1) is 11.6. The van der Waals surface area contributed by atoms with Crippen molar-refractivity contribution in [3.63, 3.8) is 0 Å². The van der Waals surface area contributed by atoms with E-state index in [1.54, 1.807) is 26.2 Å². The average Bonchev–Trinajstić information content (AvgIpc) is 2.75. The van der Waals surface area contributed by atoms with Gasteiger partial charge in [-0.3, -0.25) is 14.0 Å². The molecule has 0 bridgehead atoms. The Morgan fingerprint density at radius 2 is 1.60 bits per heavy atom. The molecule has 0 fully saturated rings. The van der Waals surface area contributed by atoms with Gasteiger partial charge in [0.05, 0.1) is 15.9 Å². The summed E-state index contributed by atoms with van der Waals surface area (Å²) in [5, 5.41) is 0. The topological polar surface area (TPSA) is 76.3 Å². The molecule has 2 rings (SSSR count). The summed E-state index contributed by atoms with van der Waals surface area (Å²) in [6.07, 6.45) is 0. The van der Waals surface area contributed by atoms with E-state index in [9.17, 15) is 13.2 Å². The van der Waals surface area contributed by atoms with Gasteiger partial charge >= 0.3 is 5.69 Å². The first-order valence-electron chi connectivity index (χ1n) is 8.47. The zero-order valence-electron chi connectivity index (χ0n) is 15.8. The van der Waals surface area contributed by atoms with E-state index in [4.69, 9.17) is 0 Å². The van der Waals surface area contributed by atoms with Crippen LogP contribution in [-0.2, 0) is 24.1 Å². The molecular weight excluding hydrogens is 340 g/mol. The third-order valence-corrected chi connectivity index (χ3v) is 6.00. The summed E-state index contributed by atoms with van der Waals surface area (Å²) in [4.78, 5) is 14.4. The summed E-state index contributed by atoms with van der Waals surface area (Å²) in [7, 11) is -0.314. The zero-order chi connectivity index (χ0) is 18.9. The molecule has 140 valence electrons. The summed E-state index contributed by atoms with van der Waals surface area (Å²) >= 11 is 0. The van der Waals surface area contributed by atoms with Gasteiger partial charge in [0.15, 0.2) is 0 Å². The molecule has 0 saturated carbocycles. The van der Waals surface area contributed by atoms with E-state index < -0.39 is 10.0 Å². The van der Waals surface area contributed by atoms with Crippen molar-refractivity contribution in [3.05, 3.63) is 28.7 Å². The molecule has 0 saturated heterocycles. The van der Waals surface area contributed by atoms with Gasteiger partial charge in [-0.2, -0.15) is 0 Å². The summed E-state index contributed by atoms with van der Waals surface area (Å²) in [6, 6.07) is 5.44. The maximum atomic E-state index is 12.6. The smallest absolute Gasteiger partial charge is 0.297 e. The van der Waals surface area contributed by atoms with E-state index in [1.807, 2.05) is 0 Å². The van der Waals surface area contributed by atoms with Gasteiger partial charge in [-0.05, 0) is 45.9 Å². The van der Waals surface area contributed by atoms with Crippen LogP contribution in [0.25, 0.3) is 11.0 Å². The number of aryl methyl sites for hydroxylation is 2. The van der Waals surface area contributed by atoms with Crippen LogP contribution in [0.1, 0.15) is 27.7 Å². The Morgan fingerprint density at radius 3 is 2.16 bits per heavy atom. The van der Waals surface area contributed by atoms with Crippen molar-refractivity contribution < 1.29 is 8.42 Å². The molecule has 7 nitrogen and oxygen atoms in total. The second kappa shape index (κ2) is 7.31. The number of fused-ring (bicyclic) bond motifs is 1. The predicted octanol–water partition coefficient (Wildman–Crippen LogP) is 1.27. The lowest BCUT2D eigenvalue weighted by Gasteiger charge is -2.30. The number of hydrogen-bond donors (Lipinski definition) is 1. The number of sulfonamides is 1. The number of rotatable bonds is 7. The minimum Gasteiger partial charge on any atom is -0.297 e. The zero-order valence-corrected chi connectivity index (χ0v) is 16.6. The molecule has 0 aliphatic heterocycles. The summed E-state index contributed by atoms with van der Waals surface area (Å²) in [5.41, 5.74) is 1.13. The number of nitrogens with zero attached hydrogens (tertiary/aromatic N) is 3. The molecule has 0 atom stereocenters. The van der Waals surface area contributed by atoms with Gasteiger partial charge in [-0.15, -0.1) is 0 Å².